The average molecular weight is 253 g/mol. The molecule has 0 aliphatic carbocycles. The molecule has 0 aromatic carbocycles. The molecule has 96 valence electrons. The van der Waals surface area contributed by atoms with Crippen molar-refractivity contribution in [2.75, 3.05) is 12.3 Å². The van der Waals surface area contributed by atoms with Gasteiger partial charge in [0.25, 0.3) is 0 Å². The van der Waals surface area contributed by atoms with Crippen LogP contribution in [0.3, 0.4) is 0 Å². The Hall–Kier alpha value is -2.19. The number of hydrogen-bond acceptors (Lipinski definition) is 7. The highest BCUT2D eigenvalue weighted by Gasteiger charge is 2.28. The van der Waals surface area contributed by atoms with Crippen LogP contribution in [0.4, 0.5) is 5.82 Å². The molecule has 1 aromatic heterocycles. The van der Waals surface area contributed by atoms with E-state index in [1.807, 2.05) is 0 Å². The van der Waals surface area contributed by atoms with Gasteiger partial charge in [0.1, 0.15) is 17.7 Å². The Balaban J connectivity index is 2.41. The SMILES string of the molecule is Nc1nc(=O)n([C@H]2C=C(O)[C@@H](CO)O2)cc1C=O. The number of aliphatic hydroxyl groups excluding tert-OH is 2. The number of aldehydes is 1. The van der Waals surface area contributed by atoms with Crippen molar-refractivity contribution in [2.24, 2.45) is 0 Å². The molecule has 0 saturated heterocycles. The molecular weight excluding hydrogens is 242 g/mol. The first-order valence-corrected chi connectivity index (χ1v) is 5.07. The zero-order valence-corrected chi connectivity index (χ0v) is 9.18. The highest BCUT2D eigenvalue weighted by molar-refractivity contribution is 5.80. The summed E-state index contributed by atoms with van der Waals surface area (Å²) < 4.78 is 6.21. The largest absolute Gasteiger partial charge is 0.510 e. The molecule has 0 bridgehead atoms. The van der Waals surface area contributed by atoms with E-state index >= 15 is 0 Å². The number of rotatable bonds is 3. The summed E-state index contributed by atoms with van der Waals surface area (Å²) in [6.07, 6.45) is 1.07. The molecule has 1 aliphatic heterocycles. The van der Waals surface area contributed by atoms with Crippen molar-refractivity contribution >= 4 is 12.1 Å². The second-order valence-corrected chi connectivity index (χ2v) is 3.68. The second-order valence-electron chi connectivity index (χ2n) is 3.68. The lowest BCUT2D eigenvalue weighted by molar-refractivity contribution is -0.0250. The van der Waals surface area contributed by atoms with E-state index in [2.05, 4.69) is 4.98 Å². The predicted octanol–water partition coefficient (Wildman–Crippen LogP) is -1.03. The van der Waals surface area contributed by atoms with E-state index in [1.54, 1.807) is 0 Å². The van der Waals surface area contributed by atoms with Gasteiger partial charge in [0, 0.05) is 12.3 Å². The maximum Gasteiger partial charge on any atom is 0.351 e. The number of carbonyl (C=O) groups excluding carboxylic acids is 1. The van der Waals surface area contributed by atoms with E-state index in [0.717, 1.165) is 4.57 Å². The average Bonchev–Trinajstić information content (AvgIpc) is 2.70. The first-order chi connectivity index (χ1) is 8.56. The molecule has 1 aromatic rings. The first kappa shape index (κ1) is 12.3. The fraction of sp³-hybridized carbons (Fsp3) is 0.300. The van der Waals surface area contributed by atoms with Crippen LogP contribution in [0.2, 0.25) is 0 Å². The quantitative estimate of drug-likeness (QED) is 0.587. The fourth-order valence-electron chi connectivity index (χ4n) is 1.58. The zero-order chi connectivity index (χ0) is 13.3. The van der Waals surface area contributed by atoms with E-state index in [4.69, 9.17) is 15.6 Å². The third-order valence-electron chi connectivity index (χ3n) is 2.52. The molecule has 4 N–H and O–H groups in total. The minimum Gasteiger partial charge on any atom is -0.510 e. The van der Waals surface area contributed by atoms with Crippen LogP contribution >= 0.6 is 0 Å². The third-order valence-corrected chi connectivity index (χ3v) is 2.52. The van der Waals surface area contributed by atoms with Crippen LogP contribution in [0.25, 0.3) is 0 Å². The van der Waals surface area contributed by atoms with E-state index in [1.165, 1.54) is 12.3 Å². The van der Waals surface area contributed by atoms with Crippen LogP contribution in [-0.4, -0.2) is 38.8 Å². The van der Waals surface area contributed by atoms with Crippen molar-refractivity contribution in [3.63, 3.8) is 0 Å². The van der Waals surface area contributed by atoms with Gasteiger partial charge >= 0.3 is 5.69 Å². The Morgan fingerprint density at radius 2 is 2.33 bits per heavy atom. The Morgan fingerprint density at radius 1 is 1.61 bits per heavy atom. The molecule has 0 spiro atoms. The highest BCUT2D eigenvalue weighted by Crippen LogP contribution is 2.24. The van der Waals surface area contributed by atoms with E-state index in [9.17, 15) is 14.7 Å². The highest BCUT2D eigenvalue weighted by atomic mass is 16.5. The molecule has 1 aliphatic rings. The molecule has 18 heavy (non-hydrogen) atoms. The van der Waals surface area contributed by atoms with Gasteiger partial charge in [-0.3, -0.25) is 9.36 Å². The maximum absolute atomic E-state index is 11.6. The van der Waals surface area contributed by atoms with Gasteiger partial charge in [0.2, 0.25) is 0 Å². The summed E-state index contributed by atoms with van der Waals surface area (Å²) >= 11 is 0. The number of aromatic nitrogens is 2. The Labute approximate surface area is 101 Å². The predicted molar refractivity (Wildman–Crippen MR) is 60.0 cm³/mol. The van der Waals surface area contributed by atoms with Crippen LogP contribution < -0.4 is 11.4 Å². The third kappa shape index (κ3) is 1.98. The Bertz CT molecular complexity index is 565. The van der Waals surface area contributed by atoms with Gasteiger partial charge in [-0.25, -0.2) is 4.79 Å². The number of anilines is 1. The number of ether oxygens (including phenoxy) is 1. The lowest BCUT2D eigenvalue weighted by Crippen LogP contribution is -2.29. The minimum atomic E-state index is -0.929. The number of nitrogens with two attached hydrogens (primary N) is 1. The maximum atomic E-state index is 11.6. The van der Waals surface area contributed by atoms with Crippen molar-refractivity contribution in [3.05, 3.63) is 34.1 Å². The smallest absolute Gasteiger partial charge is 0.351 e. The first-order valence-electron chi connectivity index (χ1n) is 5.07. The van der Waals surface area contributed by atoms with Crippen LogP contribution in [0.5, 0.6) is 0 Å². The topological polar surface area (TPSA) is 128 Å². The molecule has 8 nitrogen and oxygen atoms in total. The summed E-state index contributed by atoms with van der Waals surface area (Å²) in [6, 6.07) is 0. The van der Waals surface area contributed by atoms with Gasteiger partial charge in [-0.05, 0) is 0 Å². The molecule has 2 heterocycles. The zero-order valence-electron chi connectivity index (χ0n) is 9.18. The van der Waals surface area contributed by atoms with Gasteiger partial charge < -0.3 is 20.7 Å². The van der Waals surface area contributed by atoms with Crippen LogP contribution in [-0.2, 0) is 4.74 Å². The summed E-state index contributed by atoms with van der Waals surface area (Å²) in [5.41, 5.74) is 4.70. The normalized spacial score (nSPS) is 22.8. The van der Waals surface area contributed by atoms with Crippen molar-refractivity contribution in [1.82, 2.24) is 9.55 Å². The van der Waals surface area contributed by atoms with Crippen molar-refractivity contribution < 1.29 is 19.7 Å². The molecule has 0 unspecified atom stereocenters. The summed E-state index contributed by atoms with van der Waals surface area (Å²) in [5, 5.41) is 18.3. The second kappa shape index (κ2) is 4.59. The van der Waals surface area contributed by atoms with Gasteiger partial charge in [-0.2, -0.15) is 4.98 Å². The van der Waals surface area contributed by atoms with Gasteiger partial charge in [-0.1, -0.05) is 0 Å². The van der Waals surface area contributed by atoms with Crippen molar-refractivity contribution in [3.8, 4) is 0 Å². The summed E-state index contributed by atoms with van der Waals surface area (Å²) in [5.74, 6) is -0.352. The minimum absolute atomic E-state index is 0.0403. The number of nitrogens with zero attached hydrogens (tertiary/aromatic N) is 2. The molecule has 0 amide bonds. The molecule has 0 radical (unpaired) electrons. The lowest BCUT2D eigenvalue weighted by Gasteiger charge is -2.15. The standard InChI is InChI=1S/C10H11N3O5/c11-9-5(3-14)2-13(10(17)12-9)8-1-6(16)7(4-15)18-8/h1-3,7-8,15-16H,4H2,(H2,11,12,17)/t7-,8-/m1/s1. The molecule has 0 fully saturated rings. The van der Waals surface area contributed by atoms with Crippen LogP contribution in [0.1, 0.15) is 16.6 Å². The number of hydrogen-bond donors (Lipinski definition) is 3. The van der Waals surface area contributed by atoms with E-state index < -0.39 is 24.6 Å². The van der Waals surface area contributed by atoms with Crippen LogP contribution in [0.15, 0.2) is 22.8 Å². The van der Waals surface area contributed by atoms with Crippen LogP contribution in [0, 0.1) is 0 Å². The van der Waals surface area contributed by atoms with Crippen molar-refractivity contribution in [1.29, 1.82) is 0 Å². The molecule has 8 heteroatoms. The Morgan fingerprint density at radius 3 is 2.89 bits per heavy atom. The van der Waals surface area contributed by atoms with E-state index in [0.29, 0.717) is 6.29 Å². The summed E-state index contributed by atoms with van der Waals surface area (Å²) in [4.78, 5) is 25.8. The molecular formula is C10H11N3O5. The fourth-order valence-corrected chi connectivity index (χ4v) is 1.58. The van der Waals surface area contributed by atoms with Gasteiger partial charge in [-0.15, -0.1) is 0 Å². The Kier molecular flexibility index (Phi) is 3.13. The summed E-state index contributed by atoms with van der Waals surface area (Å²) in [7, 11) is 0. The molecule has 2 rings (SSSR count). The monoisotopic (exact) mass is 253 g/mol. The van der Waals surface area contributed by atoms with E-state index in [-0.39, 0.29) is 17.1 Å². The molecule has 2 atom stereocenters. The molecule has 0 saturated carbocycles. The number of nitrogen functional groups attached to an aromatic ring is 1. The summed E-state index contributed by atoms with van der Waals surface area (Å²) in [6.45, 7) is -0.420. The lowest BCUT2D eigenvalue weighted by atomic mass is 10.3. The van der Waals surface area contributed by atoms with Gasteiger partial charge in [0.05, 0.1) is 12.2 Å². The number of carbonyl (C=O) groups is 1. The van der Waals surface area contributed by atoms with Crippen molar-refractivity contribution in [2.45, 2.75) is 12.3 Å². The van der Waals surface area contributed by atoms with Gasteiger partial charge in [0.15, 0.2) is 12.5 Å². The number of aliphatic hydroxyl groups is 2.